The average Bonchev–Trinajstić information content (AvgIpc) is 4.09. The largest absolute Gasteiger partial charge is 0.481 e. The van der Waals surface area contributed by atoms with Gasteiger partial charge in [-0.3, -0.25) is 24.1 Å². The van der Waals surface area contributed by atoms with E-state index in [1.54, 1.807) is 24.1 Å². The Bertz CT molecular complexity index is 3410. The highest BCUT2D eigenvalue weighted by Crippen LogP contribution is 2.29. The predicted octanol–water partition coefficient (Wildman–Crippen LogP) is 4.57. The van der Waals surface area contributed by atoms with Gasteiger partial charge in [-0.2, -0.15) is 13.7 Å². The first-order valence-electron chi connectivity index (χ1n) is 26.3. The topological polar surface area (TPSA) is 353 Å². The molecule has 0 saturated heterocycles. The number of aromatic nitrogens is 6. The number of amides is 3. The van der Waals surface area contributed by atoms with Gasteiger partial charge < -0.3 is 56.8 Å². The van der Waals surface area contributed by atoms with E-state index in [4.69, 9.17) is 30.4 Å². The first kappa shape index (κ1) is 61.0. The van der Waals surface area contributed by atoms with E-state index >= 15 is 0 Å². The fourth-order valence-electron chi connectivity index (χ4n) is 8.33. The van der Waals surface area contributed by atoms with Crippen LogP contribution in [-0.4, -0.2) is 131 Å². The lowest BCUT2D eigenvalue weighted by molar-refractivity contribution is -0.139. The summed E-state index contributed by atoms with van der Waals surface area (Å²) in [5.74, 6) is -1.99. The number of hydrogen-bond acceptors (Lipinski definition) is 18. The van der Waals surface area contributed by atoms with Crippen molar-refractivity contribution >= 4 is 73.8 Å². The van der Waals surface area contributed by atoms with Gasteiger partial charge in [-0.25, -0.2) is 17.9 Å². The number of fused-ring (bicyclic) bond motifs is 1. The van der Waals surface area contributed by atoms with Crippen molar-refractivity contribution in [3.63, 3.8) is 0 Å². The number of anilines is 2. The average molecular weight is 1160 g/mol. The van der Waals surface area contributed by atoms with Crippen LogP contribution in [0.5, 0.6) is 11.8 Å². The Kier molecular flexibility index (Phi) is 22.9. The van der Waals surface area contributed by atoms with Gasteiger partial charge in [0.1, 0.15) is 28.6 Å². The van der Waals surface area contributed by atoms with E-state index in [1.165, 1.54) is 30.3 Å². The van der Waals surface area contributed by atoms with E-state index in [2.05, 4.69) is 86.2 Å². The van der Waals surface area contributed by atoms with E-state index in [0.29, 0.717) is 75.9 Å². The molecule has 10 N–H and O–H groups in total. The Hall–Kier alpha value is -8.63. The van der Waals surface area contributed by atoms with Crippen molar-refractivity contribution in [3.05, 3.63) is 131 Å². The minimum atomic E-state index is -4.30. The number of carbonyl (C=O) groups is 4. The van der Waals surface area contributed by atoms with Gasteiger partial charge in [-0.1, -0.05) is 59.8 Å². The van der Waals surface area contributed by atoms with Gasteiger partial charge in [-0.05, 0) is 91.3 Å². The highest BCUT2D eigenvalue weighted by atomic mass is 32.2. The molecule has 0 aliphatic carbocycles. The number of carbonyl (C=O) groups excluding carboxylic acids is 3. The number of nitrogens with two attached hydrogens (primary N) is 2. The molecule has 0 spiro atoms. The van der Waals surface area contributed by atoms with Gasteiger partial charge in [0.05, 0.1) is 69.6 Å². The zero-order valence-electron chi connectivity index (χ0n) is 45.3. The number of hydrogen-bond donors (Lipinski definition) is 8. The number of rotatable bonds is 34. The highest BCUT2D eigenvalue weighted by Gasteiger charge is 2.24. The third-order valence-electron chi connectivity index (χ3n) is 12.5. The van der Waals surface area contributed by atoms with Crippen LogP contribution in [0.15, 0.2) is 113 Å². The number of aliphatic carboxylic acids is 1. The number of guanidine groups is 1. The van der Waals surface area contributed by atoms with Crippen molar-refractivity contribution in [3.8, 4) is 22.9 Å². The van der Waals surface area contributed by atoms with Gasteiger partial charge in [0.25, 0.3) is 15.9 Å². The third kappa shape index (κ3) is 18.7. The summed E-state index contributed by atoms with van der Waals surface area (Å²) in [7, 11) is -2.73. The molecule has 434 valence electrons. The molecule has 3 amide bonds. The number of sulfonamides is 1. The lowest BCUT2D eigenvalue weighted by Crippen LogP contribution is -2.41. The third-order valence-corrected chi connectivity index (χ3v) is 14.5. The number of aliphatic imine (C=N–C) groups is 1. The van der Waals surface area contributed by atoms with E-state index in [9.17, 15) is 32.7 Å². The Morgan fingerprint density at radius 1 is 0.841 bits per heavy atom. The van der Waals surface area contributed by atoms with Crippen LogP contribution in [0.4, 0.5) is 11.4 Å². The van der Waals surface area contributed by atoms with Crippen molar-refractivity contribution in [2.75, 3.05) is 63.2 Å². The molecule has 3 heterocycles. The molecule has 25 nitrogen and oxygen atoms in total. The molecule has 0 bridgehead atoms. The molecule has 0 unspecified atom stereocenters. The number of methoxy groups -OCH3 is 1. The second-order valence-corrected chi connectivity index (χ2v) is 20.7. The van der Waals surface area contributed by atoms with Crippen LogP contribution in [0.3, 0.4) is 0 Å². The van der Waals surface area contributed by atoms with E-state index in [0.717, 1.165) is 45.2 Å². The zero-order chi connectivity index (χ0) is 58.3. The van der Waals surface area contributed by atoms with E-state index in [1.807, 2.05) is 36.4 Å². The Morgan fingerprint density at radius 3 is 2.43 bits per heavy atom. The number of aryl methyl sites for hydroxylation is 1. The maximum absolute atomic E-state index is 13.6. The van der Waals surface area contributed by atoms with Crippen LogP contribution < -0.4 is 46.9 Å². The van der Waals surface area contributed by atoms with Crippen molar-refractivity contribution in [2.45, 2.75) is 76.1 Å². The molecule has 0 radical (unpaired) electrons. The Balaban J connectivity index is 0.763. The monoisotopic (exact) mass is 1160 g/mol. The van der Waals surface area contributed by atoms with Crippen LogP contribution in [0, 0.1) is 6.92 Å². The SMILES string of the molecule is COc1nc(OCc2cccc(-c3ccccc3)c2C)ccc1CNCCNC(=O)CCCc1cn(CCOCCOCCC(=O)Nc2cc(NS(=O)(=O)c3cccc4nsnc34)cc(C(=O)N[C@@H](CCCN=C(N)N)C(=O)O)c2)nn1. The van der Waals surface area contributed by atoms with Gasteiger partial charge >= 0.3 is 5.97 Å². The quantitative estimate of drug-likeness (QED) is 0.0156. The smallest absolute Gasteiger partial charge is 0.326 e. The second-order valence-electron chi connectivity index (χ2n) is 18.5. The number of carboxylic acid groups (broad SMARTS) is 1. The van der Waals surface area contributed by atoms with E-state index in [-0.39, 0.29) is 84.8 Å². The summed E-state index contributed by atoms with van der Waals surface area (Å²) in [5, 5.41) is 29.5. The van der Waals surface area contributed by atoms with Crippen molar-refractivity contribution in [2.24, 2.45) is 16.5 Å². The summed E-state index contributed by atoms with van der Waals surface area (Å²) in [6, 6.07) is 27.1. The lowest BCUT2D eigenvalue weighted by Gasteiger charge is -2.16. The standard InChI is InChI=1S/C55H66N14O11S2/c1-36-39(12-6-14-44(36)37-10-4-3-5-11-37)35-80-50-20-19-38(53(63-50)77-2)33-58-23-24-59-48(70)18-7-13-41-34-69(68-64-41)25-27-79-29-28-78-26-21-49(71)61-42-30-40(52(72)62-46(54(73)74)16-9-22-60-55(56)57)31-43(32-42)67-82(75,76)47-17-8-15-45-51(47)66-81-65-45/h3-6,8,10-12,14-15,17,19-20,30-32,34,46,58,67H,7,9,13,16,18,21-29,33,35H2,1-2H3,(H,59,70)(H,61,71)(H,62,72)(H,73,74)(H4,56,57,60)/t46-/m0/s1. The number of ether oxygens (including phenoxy) is 4. The summed E-state index contributed by atoms with van der Waals surface area (Å²) in [5.41, 5.74) is 17.2. The Morgan fingerprint density at radius 2 is 1.63 bits per heavy atom. The molecule has 27 heteroatoms. The van der Waals surface area contributed by atoms with E-state index < -0.39 is 33.8 Å². The summed E-state index contributed by atoms with van der Waals surface area (Å²) in [6.07, 6.45) is 3.41. The maximum Gasteiger partial charge on any atom is 0.326 e. The molecule has 7 aromatic rings. The van der Waals surface area contributed by atoms with Crippen LogP contribution in [0.2, 0.25) is 0 Å². The second kappa shape index (κ2) is 30.8. The lowest BCUT2D eigenvalue weighted by atomic mass is 9.97. The molecule has 3 aromatic heterocycles. The summed E-state index contributed by atoms with van der Waals surface area (Å²) in [4.78, 5) is 59.3. The van der Waals surface area contributed by atoms with Crippen molar-refractivity contribution in [1.82, 2.24) is 44.7 Å². The predicted molar refractivity (Wildman–Crippen MR) is 308 cm³/mol. The molecule has 0 fully saturated rings. The summed E-state index contributed by atoms with van der Waals surface area (Å²) >= 11 is 0.842. The van der Waals surface area contributed by atoms with Crippen LogP contribution >= 0.6 is 11.7 Å². The van der Waals surface area contributed by atoms with Gasteiger partial charge in [-0.15, -0.1) is 5.10 Å². The highest BCUT2D eigenvalue weighted by molar-refractivity contribution is 7.93. The molecular weight excluding hydrogens is 1100 g/mol. The van der Waals surface area contributed by atoms with Crippen molar-refractivity contribution in [1.29, 1.82) is 0 Å². The molecule has 0 saturated carbocycles. The first-order chi connectivity index (χ1) is 39.6. The molecule has 4 aromatic carbocycles. The summed E-state index contributed by atoms with van der Waals surface area (Å²) < 4.78 is 62.4. The Labute approximate surface area is 478 Å². The zero-order valence-corrected chi connectivity index (χ0v) is 47.0. The van der Waals surface area contributed by atoms with Crippen molar-refractivity contribution < 1.29 is 51.6 Å². The fourth-order valence-corrected chi connectivity index (χ4v) is 10.1. The molecule has 0 aliphatic rings. The van der Waals surface area contributed by atoms with Gasteiger partial charge in [0, 0.05) is 61.7 Å². The normalized spacial score (nSPS) is 11.6. The number of nitrogens with one attached hydrogen (secondary N) is 5. The number of pyridine rings is 1. The molecule has 82 heavy (non-hydrogen) atoms. The van der Waals surface area contributed by atoms with Crippen LogP contribution in [0.1, 0.15) is 64.8 Å². The molecule has 1 atom stereocenters. The van der Waals surface area contributed by atoms with Crippen LogP contribution in [0.25, 0.3) is 22.2 Å². The summed E-state index contributed by atoms with van der Waals surface area (Å²) in [6.45, 7) is 5.22. The molecular formula is C55H66N14O11S2. The number of nitrogens with zero attached hydrogens (tertiary/aromatic N) is 7. The number of benzene rings is 4. The minimum Gasteiger partial charge on any atom is -0.481 e. The number of carboxylic acids is 1. The van der Waals surface area contributed by atoms with Gasteiger partial charge in [0.2, 0.25) is 23.6 Å². The van der Waals surface area contributed by atoms with Gasteiger partial charge in [0.15, 0.2) is 5.96 Å². The molecule has 0 aliphatic heterocycles. The first-order valence-corrected chi connectivity index (χ1v) is 28.5. The van der Waals surface area contributed by atoms with Crippen LogP contribution in [-0.2, 0) is 60.0 Å². The molecule has 7 rings (SSSR count). The maximum atomic E-state index is 13.6. The fraction of sp³-hybridized carbons (Fsp3) is 0.345. The minimum absolute atomic E-state index is 0.00878.